The number of Topliss-reactive ketones (excluding diaryl/α,β-unsaturated/α-hetero) is 1. The number of halogens is 1. The molecule has 0 fully saturated rings. The molecule has 0 spiro atoms. The van der Waals surface area contributed by atoms with E-state index < -0.39 is 0 Å². The minimum absolute atomic E-state index is 0.0986. The molecule has 0 aliphatic heterocycles. The fourth-order valence-corrected chi connectivity index (χ4v) is 2.52. The molecule has 16 heavy (non-hydrogen) atoms. The number of thiophene rings is 1. The van der Waals surface area contributed by atoms with Crippen molar-refractivity contribution in [3.8, 4) is 0 Å². The van der Waals surface area contributed by atoms with E-state index >= 15 is 0 Å². The topological polar surface area (TPSA) is 17.1 Å². The summed E-state index contributed by atoms with van der Waals surface area (Å²) in [6, 6.07) is 6.33. The van der Waals surface area contributed by atoms with Gasteiger partial charge in [-0.15, -0.1) is 17.9 Å². The Hall–Kier alpha value is -1.48. The monoisotopic (exact) mass is 234 g/mol. The van der Waals surface area contributed by atoms with Crippen LogP contribution in [0.2, 0.25) is 0 Å². The lowest BCUT2D eigenvalue weighted by molar-refractivity contribution is 0.0987. The van der Waals surface area contributed by atoms with Gasteiger partial charge in [0.1, 0.15) is 5.82 Å². The Kier molecular flexibility index (Phi) is 3.15. The molecule has 0 bridgehead atoms. The summed E-state index contributed by atoms with van der Waals surface area (Å²) in [6.07, 6.45) is 2.88. The molecule has 3 heteroatoms. The van der Waals surface area contributed by atoms with Gasteiger partial charge in [-0.25, -0.2) is 4.39 Å². The summed E-state index contributed by atoms with van der Waals surface area (Å²) in [7, 11) is 0. The molecule has 2 aromatic rings. The highest BCUT2D eigenvalue weighted by atomic mass is 32.1. The zero-order valence-corrected chi connectivity index (χ0v) is 9.52. The van der Waals surface area contributed by atoms with Gasteiger partial charge >= 0.3 is 0 Å². The van der Waals surface area contributed by atoms with Crippen molar-refractivity contribution in [1.29, 1.82) is 0 Å². The van der Waals surface area contributed by atoms with Gasteiger partial charge in [0, 0.05) is 11.1 Å². The zero-order chi connectivity index (χ0) is 11.5. The van der Waals surface area contributed by atoms with E-state index in [0.29, 0.717) is 17.7 Å². The van der Waals surface area contributed by atoms with Crippen molar-refractivity contribution in [2.75, 3.05) is 0 Å². The highest BCUT2D eigenvalue weighted by Gasteiger charge is 2.09. The fourth-order valence-electron chi connectivity index (χ4n) is 1.51. The predicted molar refractivity (Wildman–Crippen MR) is 65.5 cm³/mol. The van der Waals surface area contributed by atoms with Crippen LogP contribution in [0.15, 0.2) is 36.9 Å². The quantitative estimate of drug-likeness (QED) is 0.572. The van der Waals surface area contributed by atoms with E-state index in [1.807, 2.05) is 0 Å². The molecule has 0 saturated heterocycles. The van der Waals surface area contributed by atoms with Crippen molar-refractivity contribution in [2.45, 2.75) is 12.8 Å². The number of hydrogen-bond donors (Lipinski definition) is 0. The first-order valence-corrected chi connectivity index (χ1v) is 5.85. The van der Waals surface area contributed by atoms with Crippen LogP contribution in [0.4, 0.5) is 4.39 Å². The second-order valence-electron chi connectivity index (χ2n) is 3.54. The molecule has 0 radical (unpaired) electrons. The molecule has 1 aromatic heterocycles. The van der Waals surface area contributed by atoms with Gasteiger partial charge in [-0.05, 0) is 36.1 Å². The third kappa shape index (κ3) is 2.19. The Morgan fingerprint density at radius 3 is 3.00 bits per heavy atom. The van der Waals surface area contributed by atoms with Crippen molar-refractivity contribution in [1.82, 2.24) is 0 Å². The number of rotatable bonds is 4. The van der Waals surface area contributed by atoms with Gasteiger partial charge in [0.2, 0.25) is 0 Å². The van der Waals surface area contributed by atoms with Gasteiger partial charge in [0.25, 0.3) is 0 Å². The van der Waals surface area contributed by atoms with Crippen LogP contribution in [0.25, 0.3) is 10.1 Å². The second kappa shape index (κ2) is 4.58. The largest absolute Gasteiger partial charge is 0.293 e. The van der Waals surface area contributed by atoms with Crippen LogP contribution in [0, 0.1) is 5.82 Å². The minimum Gasteiger partial charge on any atom is -0.293 e. The normalized spacial score (nSPS) is 10.6. The third-order valence-corrected chi connectivity index (χ3v) is 3.49. The highest BCUT2D eigenvalue weighted by Crippen LogP contribution is 2.27. The molecule has 0 atom stereocenters. The van der Waals surface area contributed by atoms with Gasteiger partial charge in [0.05, 0.1) is 4.88 Å². The number of fused-ring (bicyclic) bond motifs is 1. The zero-order valence-electron chi connectivity index (χ0n) is 8.70. The molecule has 0 amide bonds. The number of ketones is 1. The average Bonchev–Trinajstić information content (AvgIpc) is 2.68. The van der Waals surface area contributed by atoms with Gasteiger partial charge in [-0.3, -0.25) is 4.79 Å². The first kappa shape index (κ1) is 11.0. The SMILES string of the molecule is C=CCCC(=O)c1cc2cc(F)ccc2s1. The molecular weight excluding hydrogens is 223 g/mol. The van der Waals surface area contributed by atoms with E-state index in [1.165, 1.54) is 23.5 Å². The fraction of sp³-hybridized carbons (Fsp3) is 0.154. The van der Waals surface area contributed by atoms with Crippen molar-refractivity contribution < 1.29 is 9.18 Å². The number of allylic oxidation sites excluding steroid dienone is 1. The maximum absolute atomic E-state index is 13.0. The number of benzene rings is 1. The predicted octanol–water partition coefficient (Wildman–Crippen LogP) is 4.19. The van der Waals surface area contributed by atoms with Crippen LogP contribution in [-0.4, -0.2) is 5.78 Å². The Labute approximate surface area is 97.2 Å². The van der Waals surface area contributed by atoms with E-state index in [9.17, 15) is 9.18 Å². The van der Waals surface area contributed by atoms with Crippen LogP contribution in [-0.2, 0) is 0 Å². The van der Waals surface area contributed by atoms with E-state index in [-0.39, 0.29) is 11.6 Å². The lowest BCUT2D eigenvalue weighted by atomic mass is 10.1. The van der Waals surface area contributed by atoms with E-state index in [2.05, 4.69) is 6.58 Å². The molecule has 0 N–H and O–H groups in total. The Balaban J connectivity index is 2.32. The number of carbonyl (C=O) groups excluding carboxylic acids is 1. The van der Waals surface area contributed by atoms with Crippen LogP contribution in [0.5, 0.6) is 0 Å². The van der Waals surface area contributed by atoms with Crippen molar-refractivity contribution in [2.24, 2.45) is 0 Å². The summed E-state index contributed by atoms with van der Waals surface area (Å²) in [5.41, 5.74) is 0. The maximum atomic E-state index is 13.0. The molecule has 0 saturated carbocycles. The molecule has 2 rings (SSSR count). The summed E-state index contributed by atoms with van der Waals surface area (Å²) < 4.78 is 13.9. The number of carbonyl (C=O) groups is 1. The van der Waals surface area contributed by atoms with Crippen molar-refractivity contribution >= 4 is 27.2 Å². The van der Waals surface area contributed by atoms with E-state index in [1.54, 1.807) is 18.2 Å². The first-order chi connectivity index (χ1) is 7.70. The van der Waals surface area contributed by atoms with Gasteiger partial charge in [-0.2, -0.15) is 0 Å². The summed E-state index contributed by atoms with van der Waals surface area (Å²) in [5.74, 6) is -0.170. The number of hydrogen-bond acceptors (Lipinski definition) is 2. The lowest BCUT2D eigenvalue weighted by Gasteiger charge is -1.91. The van der Waals surface area contributed by atoms with Crippen LogP contribution in [0.3, 0.4) is 0 Å². The molecule has 0 aliphatic carbocycles. The Morgan fingerprint density at radius 2 is 2.25 bits per heavy atom. The molecule has 0 unspecified atom stereocenters. The second-order valence-corrected chi connectivity index (χ2v) is 4.63. The molecule has 1 nitrogen and oxygen atoms in total. The van der Waals surface area contributed by atoms with Gasteiger partial charge in [0.15, 0.2) is 5.78 Å². The third-order valence-electron chi connectivity index (χ3n) is 2.33. The summed E-state index contributed by atoms with van der Waals surface area (Å²) in [6.45, 7) is 3.58. The first-order valence-electron chi connectivity index (χ1n) is 5.04. The van der Waals surface area contributed by atoms with Crippen LogP contribution < -0.4 is 0 Å². The summed E-state index contributed by atoms with van der Waals surface area (Å²) in [4.78, 5) is 12.4. The highest BCUT2D eigenvalue weighted by molar-refractivity contribution is 7.20. The average molecular weight is 234 g/mol. The standard InChI is InChI=1S/C13H11FOS/c1-2-3-4-11(15)13-8-9-7-10(14)5-6-12(9)16-13/h2,5-8H,1,3-4H2. The molecule has 0 aliphatic rings. The van der Waals surface area contributed by atoms with E-state index in [0.717, 1.165) is 10.1 Å². The molecule has 1 aromatic carbocycles. The van der Waals surface area contributed by atoms with Crippen LogP contribution >= 0.6 is 11.3 Å². The summed E-state index contributed by atoms with van der Waals surface area (Å²) in [5, 5.41) is 0.798. The van der Waals surface area contributed by atoms with Crippen molar-refractivity contribution in [3.05, 3.63) is 47.6 Å². The van der Waals surface area contributed by atoms with Crippen LogP contribution in [0.1, 0.15) is 22.5 Å². The minimum atomic E-state index is -0.268. The Bertz CT molecular complexity index is 542. The van der Waals surface area contributed by atoms with E-state index in [4.69, 9.17) is 0 Å². The molecule has 82 valence electrons. The Morgan fingerprint density at radius 1 is 1.44 bits per heavy atom. The van der Waals surface area contributed by atoms with Gasteiger partial charge < -0.3 is 0 Å². The lowest BCUT2D eigenvalue weighted by Crippen LogP contribution is -1.93. The smallest absolute Gasteiger partial charge is 0.173 e. The molecular formula is C13H11FOS. The summed E-state index contributed by atoms with van der Waals surface area (Å²) >= 11 is 1.41. The maximum Gasteiger partial charge on any atom is 0.173 e. The van der Waals surface area contributed by atoms with Gasteiger partial charge in [-0.1, -0.05) is 6.08 Å². The molecule has 1 heterocycles. The van der Waals surface area contributed by atoms with Crippen molar-refractivity contribution in [3.63, 3.8) is 0 Å².